The van der Waals surface area contributed by atoms with Crippen LogP contribution in [0.4, 0.5) is 0 Å². The molecule has 1 aromatic heterocycles. The molecule has 0 fully saturated rings. The number of aromatic nitrogens is 3. The van der Waals surface area contributed by atoms with Crippen molar-refractivity contribution in [2.75, 3.05) is 12.4 Å². The topological polar surface area (TPSA) is 102 Å². The fourth-order valence-electron chi connectivity index (χ4n) is 3.39. The molecule has 36 heavy (non-hydrogen) atoms. The van der Waals surface area contributed by atoms with Crippen LogP contribution in [0.25, 0.3) is 17.1 Å². The molecule has 1 heterocycles. The molecule has 10 heteroatoms. The third-order valence-corrected chi connectivity index (χ3v) is 6.30. The number of phenolic OH excluding ortho intramolecular Hbond substituents is 1. The number of carbonyl (C=O) groups is 1. The number of hydrogen-bond donors (Lipinski definition) is 2. The number of phenols is 1. The first-order valence-corrected chi connectivity index (χ1v) is 12.5. The summed E-state index contributed by atoms with van der Waals surface area (Å²) in [6, 6.07) is 21.7. The maximum Gasteiger partial charge on any atom is 0.250 e. The number of para-hydroxylation sites is 1. The van der Waals surface area contributed by atoms with Gasteiger partial charge < -0.3 is 9.84 Å². The summed E-state index contributed by atoms with van der Waals surface area (Å²) in [6.45, 7) is 4.22. The maximum absolute atomic E-state index is 12.5. The van der Waals surface area contributed by atoms with Crippen molar-refractivity contribution in [2.45, 2.75) is 19.0 Å². The van der Waals surface area contributed by atoms with Crippen molar-refractivity contribution in [3.8, 4) is 28.6 Å². The molecular formula is C26H24ClN5O3S. The van der Waals surface area contributed by atoms with E-state index in [1.165, 1.54) is 11.8 Å². The fraction of sp³-hybridized carbons (Fsp3) is 0.154. The SMILES string of the molecule is CCOc1ccc(-n2c(SCC(=O)NN=C(C)c3ccccc3O)nnc2-c2ccc(Cl)cc2)cc1. The van der Waals surface area contributed by atoms with Crippen molar-refractivity contribution in [3.63, 3.8) is 0 Å². The summed E-state index contributed by atoms with van der Waals surface area (Å²) < 4.78 is 7.44. The number of nitrogens with one attached hydrogen (secondary N) is 1. The molecule has 0 bridgehead atoms. The molecule has 4 rings (SSSR count). The van der Waals surface area contributed by atoms with Crippen LogP contribution >= 0.6 is 23.4 Å². The van der Waals surface area contributed by atoms with E-state index >= 15 is 0 Å². The highest BCUT2D eigenvalue weighted by Crippen LogP contribution is 2.29. The first-order valence-electron chi connectivity index (χ1n) is 11.1. The van der Waals surface area contributed by atoms with Gasteiger partial charge in [-0.05, 0) is 74.5 Å². The van der Waals surface area contributed by atoms with Crippen LogP contribution in [-0.4, -0.2) is 43.8 Å². The standard InChI is InChI=1S/C26H24ClN5O3S/c1-3-35-21-14-12-20(13-15-21)32-25(18-8-10-19(27)11-9-18)30-31-26(32)36-16-24(34)29-28-17(2)22-6-4-5-7-23(22)33/h4-15,33H,3,16H2,1-2H3,(H,29,34). The Morgan fingerprint density at radius 1 is 1.08 bits per heavy atom. The second-order valence-electron chi connectivity index (χ2n) is 7.61. The Kier molecular flexibility index (Phi) is 8.24. The number of amides is 1. The van der Waals surface area contributed by atoms with Crippen LogP contribution in [0.15, 0.2) is 83.1 Å². The summed E-state index contributed by atoms with van der Waals surface area (Å²) in [6.07, 6.45) is 0. The minimum Gasteiger partial charge on any atom is -0.507 e. The molecule has 184 valence electrons. The molecule has 0 aliphatic rings. The number of benzene rings is 3. The molecule has 0 atom stereocenters. The third kappa shape index (κ3) is 6.05. The molecule has 0 aliphatic carbocycles. The molecule has 2 N–H and O–H groups in total. The van der Waals surface area contributed by atoms with Gasteiger partial charge in [-0.15, -0.1) is 10.2 Å². The molecule has 0 saturated carbocycles. The van der Waals surface area contributed by atoms with Gasteiger partial charge in [0.15, 0.2) is 11.0 Å². The number of thioether (sulfide) groups is 1. The van der Waals surface area contributed by atoms with Gasteiger partial charge in [0, 0.05) is 21.8 Å². The Bertz CT molecular complexity index is 1370. The van der Waals surface area contributed by atoms with Crippen molar-refractivity contribution in [1.29, 1.82) is 0 Å². The summed E-state index contributed by atoms with van der Waals surface area (Å²) in [4.78, 5) is 12.5. The molecule has 0 radical (unpaired) electrons. The molecule has 3 aromatic carbocycles. The van der Waals surface area contributed by atoms with E-state index in [1.807, 2.05) is 47.9 Å². The van der Waals surface area contributed by atoms with Crippen LogP contribution in [0, 0.1) is 0 Å². The van der Waals surface area contributed by atoms with E-state index in [1.54, 1.807) is 43.3 Å². The van der Waals surface area contributed by atoms with Gasteiger partial charge in [0.2, 0.25) is 0 Å². The minimum absolute atomic E-state index is 0.0628. The lowest BCUT2D eigenvalue weighted by molar-refractivity contribution is -0.118. The average molecular weight is 522 g/mol. The summed E-state index contributed by atoms with van der Waals surface area (Å²) in [5.41, 5.74) is 5.23. The van der Waals surface area contributed by atoms with E-state index in [-0.39, 0.29) is 17.4 Å². The molecule has 1 amide bonds. The molecule has 0 saturated heterocycles. The van der Waals surface area contributed by atoms with Gasteiger partial charge >= 0.3 is 0 Å². The molecular weight excluding hydrogens is 498 g/mol. The highest BCUT2D eigenvalue weighted by atomic mass is 35.5. The number of rotatable bonds is 9. The number of halogens is 1. The van der Waals surface area contributed by atoms with Crippen LogP contribution in [0.3, 0.4) is 0 Å². The van der Waals surface area contributed by atoms with E-state index in [0.29, 0.717) is 33.9 Å². The molecule has 4 aromatic rings. The molecule has 0 spiro atoms. The highest BCUT2D eigenvalue weighted by Gasteiger charge is 2.18. The quantitative estimate of drug-likeness (QED) is 0.175. The summed E-state index contributed by atoms with van der Waals surface area (Å²) in [5.74, 6) is 1.22. The van der Waals surface area contributed by atoms with Gasteiger partial charge in [0.1, 0.15) is 11.5 Å². The van der Waals surface area contributed by atoms with Crippen LogP contribution in [0.5, 0.6) is 11.5 Å². The Balaban J connectivity index is 1.55. The Morgan fingerprint density at radius 3 is 2.50 bits per heavy atom. The molecule has 8 nitrogen and oxygen atoms in total. The van der Waals surface area contributed by atoms with Crippen molar-refractivity contribution >= 4 is 35.0 Å². The van der Waals surface area contributed by atoms with Gasteiger partial charge in [-0.1, -0.05) is 35.5 Å². The normalized spacial score (nSPS) is 11.4. The Morgan fingerprint density at radius 2 is 1.81 bits per heavy atom. The summed E-state index contributed by atoms with van der Waals surface area (Å²) >= 11 is 7.30. The van der Waals surface area contributed by atoms with E-state index in [9.17, 15) is 9.90 Å². The Labute approximate surface area is 218 Å². The summed E-state index contributed by atoms with van der Waals surface area (Å²) in [5, 5.41) is 24.0. The zero-order valence-corrected chi connectivity index (χ0v) is 21.3. The second-order valence-corrected chi connectivity index (χ2v) is 8.99. The van der Waals surface area contributed by atoms with Crippen molar-refractivity contribution < 1.29 is 14.6 Å². The molecule has 0 unspecified atom stereocenters. The second kappa shape index (κ2) is 11.7. The predicted molar refractivity (Wildman–Crippen MR) is 142 cm³/mol. The predicted octanol–water partition coefficient (Wildman–Crippen LogP) is 5.32. The van der Waals surface area contributed by atoms with Crippen LogP contribution in [0.1, 0.15) is 19.4 Å². The van der Waals surface area contributed by atoms with E-state index in [0.717, 1.165) is 17.0 Å². The first-order chi connectivity index (χ1) is 17.5. The van der Waals surface area contributed by atoms with Gasteiger partial charge in [0.25, 0.3) is 5.91 Å². The van der Waals surface area contributed by atoms with E-state index < -0.39 is 0 Å². The van der Waals surface area contributed by atoms with Crippen molar-refractivity contribution in [3.05, 3.63) is 83.4 Å². The zero-order chi connectivity index (χ0) is 25.5. The van der Waals surface area contributed by atoms with Crippen molar-refractivity contribution in [1.82, 2.24) is 20.2 Å². The number of carbonyl (C=O) groups excluding carboxylic acids is 1. The number of nitrogens with zero attached hydrogens (tertiary/aromatic N) is 4. The van der Waals surface area contributed by atoms with Gasteiger partial charge in [-0.25, -0.2) is 5.43 Å². The lowest BCUT2D eigenvalue weighted by atomic mass is 10.1. The average Bonchev–Trinajstić information content (AvgIpc) is 3.31. The lowest BCUT2D eigenvalue weighted by Crippen LogP contribution is -2.21. The highest BCUT2D eigenvalue weighted by molar-refractivity contribution is 7.99. The van der Waals surface area contributed by atoms with Gasteiger partial charge in [0.05, 0.1) is 18.1 Å². The summed E-state index contributed by atoms with van der Waals surface area (Å²) in [7, 11) is 0. The first kappa shape index (κ1) is 25.3. The number of hydrogen-bond acceptors (Lipinski definition) is 7. The number of ether oxygens (including phenoxy) is 1. The van der Waals surface area contributed by atoms with Gasteiger partial charge in [-0.3, -0.25) is 9.36 Å². The third-order valence-electron chi connectivity index (χ3n) is 5.12. The van der Waals surface area contributed by atoms with E-state index in [2.05, 4.69) is 20.7 Å². The van der Waals surface area contributed by atoms with Gasteiger partial charge in [-0.2, -0.15) is 5.10 Å². The maximum atomic E-state index is 12.5. The Hall–Kier alpha value is -3.82. The zero-order valence-electron chi connectivity index (χ0n) is 19.7. The largest absolute Gasteiger partial charge is 0.507 e. The van der Waals surface area contributed by atoms with Crippen molar-refractivity contribution in [2.24, 2.45) is 5.10 Å². The lowest BCUT2D eigenvalue weighted by Gasteiger charge is -2.11. The number of hydrazone groups is 1. The molecule has 0 aliphatic heterocycles. The smallest absolute Gasteiger partial charge is 0.250 e. The van der Waals surface area contributed by atoms with Crippen LogP contribution < -0.4 is 10.2 Å². The minimum atomic E-state index is -0.316. The fourth-order valence-corrected chi connectivity index (χ4v) is 4.26. The van der Waals surface area contributed by atoms with E-state index in [4.69, 9.17) is 16.3 Å². The van der Waals surface area contributed by atoms with Crippen LogP contribution in [0.2, 0.25) is 5.02 Å². The monoisotopic (exact) mass is 521 g/mol. The van der Waals surface area contributed by atoms with Crippen LogP contribution in [-0.2, 0) is 4.79 Å². The number of aromatic hydroxyl groups is 1.